The number of aromatic nitrogens is 1. The van der Waals surface area contributed by atoms with Crippen molar-refractivity contribution < 1.29 is 4.52 Å². The Balaban J connectivity index is 1.79. The Morgan fingerprint density at radius 2 is 2.40 bits per heavy atom. The van der Waals surface area contributed by atoms with Gasteiger partial charge < -0.3 is 9.84 Å². The molecule has 1 aliphatic carbocycles. The number of hydrogen-bond donors (Lipinski definition) is 1. The van der Waals surface area contributed by atoms with E-state index >= 15 is 0 Å². The summed E-state index contributed by atoms with van der Waals surface area (Å²) in [6, 6.07) is 2.77. The van der Waals surface area contributed by atoms with Gasteiger partial charge in [0.15, 0.2) is 5.76 Å². The highest BCUT2D eigenvalue weighted by molar-refractivity contribution is 5.05. The molecule has 0 saturated heterocycles. The van der Waals surface area contributed by atoms with Crippen LogP contribution in [0.4, 0.5) is 0 Å². The monoisotopic (exact) mass is 209 g/mol. The molecular weight excluding hydrogens is 190 g/mol. The molecule has 1 saturated carbocycles. The summed E-state index contributed by atoms with van der Waals surface area (Å²) >= 11 is 0. The van der Waals surface area contributed by atoms with Crippen LogP contribution in [0.2, 0.25) is 0 Å². The van der Waals surface area contributed by atoms with Crippen LogP contribution < -0.4 is 5.32 Å². The molecule has 2 rings (SSSR count). The van der Waals surface area contributed by atoms with Crippen LogP contribution in [0.25, 0.3) is 0 Å². The lowest BCUT2D eigenvalue weighted by atomic mass is 10.3. The average Bonchev–Trinajstić information content (AvgIpc) is 2.97. The van der Waals surface area contributed by atoms with Crippen molar-refractivity contribution in [3.8, 4) is 0 Å². The normalized spacial score (nSPS) is 16.2. The largest absolute Gasteiger partial charge is 0.360 e. The van der Waals surface area contributed by atoms with Crippen molar-refractivity contribution >= 4 is 0 Å². The fourth-order valence-corrected chi connectivity index (χ4v) is 1.43. The van der Waals surface area contributed by atoms with Crippen LogP contribution in [0.15, 0.2) is 10.6 Å². The zero-order valence-electron chi connectivity index (χ0n) is 9.49. The number of nitrogens with one attached hydrogen (secondary N) is 1. The van der Waals surface area contributed by atoms with Gasteiger partial charge in [-0.1, -0.05) is 12.1 Å². The first kappa shape index (κ1) is 10.6. The molecule has 0 spiro atoms. The predicted molar refractivity (Wildman–Crippen MR) is 58.4 cm³/mol. The first-order chi connectivity index (χ1) is 7.28. The molecule has 1 N–H and O–H groups in total. The van der Waals surface area contributed by atoms with E-state index in [0.717, 1.165) is 37.1 Å². The highest BCUT2D eigenvalue weighted by atomic mass is 16.5. The van der Waals surface area contributed by atoms with Crippen LogP contribution in [-0.2, 0) is 13.1 Å². The predicted octanol–water partition coefficient (Wildman–Crippen LogP) is 1.38. The summed E-state index contributed by atoms with van der Waals surface area (Å²) in [6.07, 6.45) is 2.62. The van der Waals surface area contributed by atoms with Crippen LogP contribution >= 0.6 is 0 Å². The van der Waals surface area contributed by atoms with E-state index in [2.05, 4.69) is 29.3 Å². The first-order valence-electron chi connectivity index (χ1n) is 5.64. The van der Waals surface area contributed by atoms with Crippen LogP contribution in [0.1, 0.15) is 31.2 Å². The molecule has 0 amide bonds. The Kier molecular flexibility index (Phi) is 3.38. The Morgan fingerprint density at radius 3 is 3.07 bits per heavy atom. The molecule has 0 unspecified atom stereocenters. The van der Waals surface area contributed by atoms with Gasteiger partial charge in [-0.05, 0) is 26.4 Å². The van der Waals surface area contributed by atoms with Crippen molar-refractivity contribution in [3.05, 3.63) is 17.5 Å². The average molecular weight is 209 g/mol. The minimum atomic E-state index is 0.725. The summed E-state index contributed by atoms with van der Waals surface area (Å²) in [6.45, 7) is 4.83. The van der Waals surface area contributed by atoms with Crippen molar-refractivity contribution in [2.45, 2.75) is 38.9 Å². The molecule has 4 heteroatoms. The van der Waals surface area contributed by atoms with Gasteiger partial charge in [0.2, 0.25) is 0 Å². The summed E-state index contributed by atoms with van der Waals surface area (Å²) in [5.74, 6) is 0.951. The first-order valence-corrected chi connectivity index (χ1v) is 5.64. The summed E-state index contributed by atoms with van der Waals surface area (Å²) in [5.41, 5.74) is 1.02. The summed E-state index contributed by atoms with van der Waals surface area (Å²) in [5, 5.41) is 7.46. The van der Waals surface area contributed by atoms with Crippen LogP contribution in [0.3, 0.4) is 0 Å². The lowest BCUT2D eigenvalue weighted by molar-refractivity contribution is 0.281. The van der Waals surface area contributed by atoms with Crippen molar-refractivity contribution in [2.75, 3.05) is 13.6 Å². The van der Waals surface area contributed by atoms with Gasteiger partial charge in [0.05, 0.1) is 12.2 Å². The van der Waals surface area contributed by atoms with E-state index in [9.17, 15) is 0 Å². The third kappa shape index (κ3) is 3.32. The highest BCUT2D eigenvalue weighted by Gasteiger charge is 2.20. The van der Waals surface area contributed by atoms with E-state index in [1.54, 1.807) is 0 Å². The topological polar surface area (TPSA) is 41.3 Å². The molecule has 1 aliphatic rings. The molecule has 1 heterocycles. The standard InChI is InChI=1S/C11H19N3O/c1-3-14(2)8-11-6-10(13-15-11)7-12-9-4-5-9/h6,9,12H,3-5,7-8H2,1-2H3. The summed E-state index contributed by atoms with van der Waals surface area (Å²) in [4.78, 5) is 2.19. The maximum absolute atomic E-state index is 5.26. The molecule has 1 aromatic rings. The second-order valence-electron chi connectivity index (χ2n) is 4.27. The van der Waals surface area contributed by atoms with E-state index in [0.29, 0.717) is 0 Å². The molecule has 0 atom stereocenters. The lowest BCUT2D eigenvalue weighted by Crippen LogP contribution is -2.16. The molecular formula is C11H19N3O. The van der Waals surface area contributed by atoms with E-state index < -0.39 is 0 Å². The van der Waals surface area contributed by atoms with Crippen LogP contribution in [0.5, 0.6) is 0 Å². The molecule has 84 valence electrons. The van der Waals surface area contributed by atoms with Gasteiger partial charge in [0.25, 0.3) is 0 Å². The quantitative estimate of drug-likeness (QED) is 0.768. The second kappa shape index (κ2) is 4.77. The van der Waals surface area contributed by atoms with E-state index in [-0.39, 0.29) is 0 Å². The number of nitrogens with zero attached hydrogens (tertiary/aromatic N) is 2. The molecule has 4 nitrogen and oxygen atoms in total. The molecule has 0 bridgehead atoms. The molecule has 1 aromatic heterocycles. The zero-order valence-corrected chi connectivity index (χ0v) is 9.49. The van der Waals surface area contributed by atoms with Crippen molar-refractivity contribution in [3.63, 3.8) is 0 Å². The molecule has 1 fully saturated rings. The van der Waals surface area contributed by atoms with Crippen molar-refractivity contribution in [1.82, 2.24) is 15.4 Å². The van der Waals surface area contributed by atoms with Crippen LogP contribution in [-0.4, -0.2) is 29.7 Å². The van der Waals surface area contributed by atoms with E-state index in [1.807, 2.05) is 6.07 Å². The lowest BCUT2D eigenvalue weighted by Gasteiger charge is -2.09. The number of rotatable bonds is 6. The summed E-state index contributed by atoms with van der Waals surface area (Å²) in [7, 11) is 2.07. The Bertz CT molecular complexity index is 307. The van der Waals surface area contributed by atoms with Gasteiger partial charge in [0.1, 0.15) is 0 Å². The Morgan fingerprint density at radius 1 is 1.60 bits per heavy atom. The molecule has 0 aliphatic heterocycles. The smallest absolute Gasteiger partial charge is 0.151 e. The van der Waals surface area contributed by atoms with Crippen molar-refractivity contribution in [1.29, 1.82) is 0 Å². The van der Waals surface area contributed by atoms with Gasteiger partial charge in [-0.15, -0.1) is 0 Å². The molecule has 0 radical (unpaired) electrons. The minimum Gasteiger partial charge on any atom is -0.360 e. The van der Waals surface area contributed by atoms with Gasteiger partial charge in [-0.2, -0.15) is 0 Å². The van der Waals surface area contributed by atoms with Crippen molar-refractivity contribution in [2.24, 2.45) is 0 Å². The molecule has 15 heavy (non-hydrogen) atoms. The third-order valence-electron chi connectivity index (χ3n) is 2.72. The minimum absolute atomic E-state index is 0.725. The Hall–Kier alpha value is -0.870. The van der Waals surface area contributed by atoms with E-state index in [1.165, 1.54) is 12.8 Å². The number of hydrogen-bond acceptors (Lipinski definition) is 4. The molecule has 0 aromatic carbocycles. The zero-order chi connectivity index (χ0) is 10.7. The Labute approximate surface area is 90.6 Å². The second-order valence-corrected chi connectivity index (χ2v) is 4.27. The fraction of sp³-hybridized carbons (Fsp3) is 0.727. The fourth-order valence-electron chi connectivity index (χ4n) is 1.43. The SMILES string of the molecule is CCN(C)Cc1cc(CNC2CC2)no1. The third-order valence-corrected chi connectivity index (χ3v) is 2.72. The van der Waals surface area contributed by atoms with Gasteiger partial charge in [0, 0.05) is 18.7 Å². The van der Waals surface area contributed by atoms with Gasteiger partial charge >= 0.3 is 0 Å². The van der Waals surface area contributed by atoms with Crippen LogP contribution in [0, 0.1) is 0 Å². The van der Waals surface area contributed by atoms with Gasteiger partial charge in [-0.25, -0.2) is 0 Å². The maximum Gasteiger partial charge on any atom is 0.151 e. The van der Waals surface area contributed by atoms with Gasteiger partial charge in [-0.3, -0.25) is 4.90 Å². The summed E-state index contributed by atoms with van der Waals surface area (Å²) < 4.78 is 5.26. The van der Waals surface area contributed by atoms with E-state index in [4.69, 9.17) is 4.52 Å². The maximum atomic E-state index is 5.26. The highest BCUT2D eigenvalue weighted by Crippen LogP contribution is 2.19.